The third kappa shape index (κ3) is 1.71. The Balaban J connectivity index is 2.00. The Morgan fingerprint density at radius 2 is 2.05 bits per heavy atom. The van der Waals surface area contributed by atoms with E-state index in [1.807, 2.05) is 13.1 Å². The summed E-state index contributed by atoms with van der Waals surface area (Å²) in [6.07, 6.45) is 4.57. The number of hydrazine groups is 1. The van der Waals surface area contributed by atoms with Crippen LogP contribution in [0.1, 0.15) is 59.3 Å². The van der Waals surface area contributed by atoms with E-state index in [4.69, 9.17) is 10.8 Å². The van der Waals surface area contributed by atoms with Crippen LogP contribution in [0, 0.1) is 0 Å². The molecule has 20 heavy (non-hydrogen) atoms. The highest BCUT2D eigenvalue weighted by Crippen LogP contribution is 2.45. The maximum atomic E-state index is 12.1. The monoisotopic (exact) mass is 271 g/mol. The molecule has 0 saturated heterocycles. The molecule has 2 aromatic heterocycles. The topological polar surface area (TPSA) is 85.8 Å². The van der Waals surface area contributed by atoms with Gasteiger partial charge in [-0.1, -0.05) is 0 Å². The van der Waals surface area contributed by atoms with Crippen molar-refractivity contribution in [3.63, 3.8) is 0 Å². The number of aryl methyl sites for hydroxylation is 1. The van der Waals surface area contributed by atoms with Gasteiger partial charge in [-0.15, -0.1) is 0 Å². The molecule has 0 unspecified atom stereocenters. The quantitative estimate of drug-likeness (QED) is 0.501. The number of nitrogens with two attached hydrogens (primary N) is 1. The smallest absolute Gasteiger partial charge is 0.266 e. The average Bonchev–Trinajstić information content (AvgIpc) is 3.36. The van der Waals surface area contributed by atoms with Crippen LogP contribution < -0.4 is 11.3 Å². The normalized spacial score (nSPS) is 18.5. The van der Waals surface area contributed by atoms with Crippen LogP contribution in [0.5, 0.6) is 0 Å². The number of carbonyl (C=O) groups excluding carboxylic acids is 1. The van der Waals surface area contributed by atoms with Crippen LogP contribution in [0.15, 0.2) is 6.07 Å². The van der Waals surface area contributed by atoms with Crippen LogP contribution >= 0.6 is 0 Å². The predicted octanol–water partition coefficient (Wildman–Crippen LogP) is 1.33. The zero-order valence-electron chi connectivity index (χ0n) is 11.4. The number of rotatable bonds is 3. The van der Waals surface area contributed by atoms with Crippen molar-refractivity contribution in [3.8, 4) is 0 Å². The van der Waals surface area contributed by atoms with Crippen molar-refractivity contribution in [2.24, 2.45) is 12.9 Å². The number of aromatic nitrogens is 3. The molecule has 2 heterocycles. The summed E-state index contributed by atoms with van der Waals surface area (Å²) in [4.78, 5) is 16.9. The van der Waals surface area contributed by atoms with Crippen LogP contribution in [0.4, 0.5) is 0 Å². The lowest BCUT2D eigenvalue weighted by atomic mass is 10.1. The number of nitrogen functional groups attached to an aromatic ring is 1. The van der Waals surface area contributed by atoms with E-state index >= 15 is 0 Å². The van der Waals surface area contributed by atoms with E-state index < -0.39 is 0 Å². The lowest BCUT2D eigenvalue weighted by molar-refractivity contribution is 0.0955. The van der Waals surface area contributed by atoms with E-state index in [2.05, 4.69) is 10.5 Å². The molecule has 6 heteroatoms. The van der Waals surface area contributed by atoms with Crippen molar-refractivity contribution in [3.05, 3.63) is 23.0 Å². The van der Waals surface area contributed by atoms with E-state index in [0.29, 0.717) is 17.4 Å². The van der Waals surface area contributed by atoms with Crippen molar-refractivity contribution in [2.75, 3.05) is 0 Å². The molecular weight excluding hydrogens is 254 g/mol. The van der Waals surface area contributed by atoms with Gasteiger partial charge in [-0.3, -0.25) is 14.9 Å². The Labute approximate surface area is 116 Å². The van der Waals surface area contributed by atoms with Gasteiger partial charge in [0.05, 0.1) is 16.6 Å². The first-order chi connectivity index (χ1) is 9.69. The summed E-state index contributed by atoms with van der Waals surface area (Å²) in [6, 6.07) is 1.90. The minimum Gasteiger partial charge on any atom is -0.290 e. The highest BCUT2D eigenvalue weighted by Gasteiger charge is 2.33. The lowest BCUT2D eigenvalue weighted by Gasteiger charge is -2.06. The second-order valence-corrected chi connectivity index (χ2v) is 5.82. The van der Waals surface area contributed by atoms with Gasteiger partial charge in [-0.25, -0.2) is 10.8 Å². The standard InChI is InChI=1S/C14H17N5O/c1-19-13-11(12(18-19)8-4-5-8)9(14(20)17-15)6-10(16-13)7-2-3-7/h6-8H,2-5,15H2,1H3,(H,17,20). The molecule has 0 bridgehead atoms. The maximum Gasteiger partial charge on any atom is 0.266 e. The van der Waals surface area contributed by atoms with E-state index in [1.165, 1.54) is 0 Å². The van der Waals surface area contributed by atoms with Crippen LogP contribution in [0.3, 0.4) is 0 Å². The summed E-state index contributed by atoms with van der Waals surface area (Å²) >= 11 is 0. The van der Waals surface area contributed by atoms with E-state index in [0.717, 1.165) is 48.1 Å². The van der Waals surface area contributed by atoms with Gasteiger partial charge in [-0.2, -0.15) is 5.10 Å². The number of carbonyl (C=O) groups is 1. The number of hydrogen-bond donors (Lipinski definition) is 2. The molecular formula is C14H17N5O. The second kappa shape index (κ2) is 4.02. The van der Waals surface area contributed by atoms with Gasteiger partial charge < -0.3 is 0 Å². The van der Waals surface area contributed by atoms with Crippen LogP contribution in [0.2, 0.25) is 0 Å². The Morgan fingerprint density at radius 1 is 1.35 bits per heavy atom. The van der Waals surface area contributed by atoms with Crippen LogP contribution in [-0.4, -0.2) is 20.7 Å². The van der Waals surface area contributed by atoms with Gasteiger partial charge in [0.15, 0.2) is 5.65 Å². The van der Waals surface area contributed by atoms with Crippen molar-refractivity contribution in [1.29, 1.82) is 0 Å². The van der Waals surface area contributed by atoms with E-state index in [1.54, 1.807) is 4.68 Å². The molecule has 104 valence electrons. The van der Waals surface area contributed by atoms with Gasteiger partial charge in [0, 0.05) is 24.6 Å². The first-order valence-electron chi connectivity index (χ1n) is 7.07. The first-order valence-corrected chi connectivity index (χ1v) is 7.07. The largest absolute Gasteiger partial charge is 0.290 e. The lowest BCUT2D eigenvalue weighted by Crippen LogP contribution is -2.30. The summed E-state index contributed by atoms with van der Waals surface area (Å²) < 4.78 is 1.79. The van der Waals surface area contributed by atoms with E-state index in [9.17, 15) is 4.79 Å². The summed E-state index contributed by atoms with van der Waals surface area (Å²) in [5.41, 5.74) is 5.66. The number of fused-ring (bicyclic) bond motifs is 1. The van der Waals surface area contributed by atoms with Crippen molar-refractivity contribution in [2.45, 2.75) is 37.5 Å². The summed E-state index contributed by atoms with van der Waals surface area (Å²) in [5, 5.41) is 5.46. The molecule has 2 aliphatic carbocycles. The molecule has 6 nitrogen and oxygen atoms in total. The highest BCUT2D eigenvalue weighted by atomic mass is 16.2. The molecule has 0 spiro atoms. The number of nitrogens with one attached hydrogen (secondary N) is 1. The molecule has 0 atom stereocenters. The molecule has 0 radical (unpaired) electrons. The molecule has 3 N–H and O–H groups in total. The molecule has 1 amide bonds. The first kappa shape index (κ1) is 11.8. The van der Waals surface area contributed by atoms with Crippen LogP contribution in [-0.2, 0) is 7.05 Å². The Bertz CT molecular complexity index is 712. The summed E-state index contributed by atoms with van der Waals surface area (Å²) in [5.74, 6) is 6.04. The molecule has 2 fully saturated rings. The molecule has 0 aromatic carbocycles. The number of hydrogen-bond acceptors (Lipinski definition) is 4. The Kier molecular flexibility index (Phi) is 2.38. The minimum atomic E-state index is -0.255. The molecule has 2 saturated carbocycles. The molecule has 2 aromatic rings. The highest BCUT2D eigenvalue weighted by molar-refractivity contribution is 6.06. The van der Waals surface area contributed by atoms with Crippen molar-refractivity contribution < 1.29 is 4.79 Å². The Morgan fingerprint density at radius 3 is 2.65 bits per heavy atom. The van der Waals surface area contributed by atoms with Crippen LogP contribution in [0.25, 0.3) is 11.0 Å². The maximum absolute atomic E-state index is 12.1. The minimum absolute atomic E-state index is 0.255. The zero-order valence-corrected chi connectivity index (χ0v) is 11.4. The van der Waals surface area contributed by atoms with Gasteiger partial charge >= 0.3 is 0 Å². The fraction of sp³-hybridized carbons (Fsp3) is 0.500. The number of pyridine rings is 1. The molecule has 2 aliphatic rings. The summed E-state index contributed by atoms with van der Waals surface area (Å²) in [6.45, 7) is 0. The third-order valence-electron chi connectivity index (χ3n) is 4.18. The van der Waals surface area contributed by atoms with Gasteiger partial charge in [0.2, 0.25) is 0 Å². The third-order valence-corrected chi connectivity index (χ3v) is 4.18. The fourth-order valence-electron chi connectivity index (χ4n) is 2.78. The molecule has 0 aliphatic heterocycles. The van der Waals surface area contributed by atoms with Gasteiger partial charge in [-0.05, 0) is 31.7 Å². The predicted molar refractivity (Wildman–Crippen MR) is 74.1 cm³/mol. The van der Waals surface area contributed by atoms with Gasteiger partial charge in [0.25, 0.3) is 5.91 Å². The van der Waals surface area contributed by atoms with E-state index in [-0.39, 0.29) is 5.91 Å². The number of nitrogens with zero attached hydrogens (tertiary/aromatic N) is 3. The SMILES string of the molecule is Cn1nc(C2CC2)c2c(C(=O)NN)cc(C3CC3)nc21. The molecule has 4 rings (SSSR count). The van der Waals surface area contributed by atoms with Crippen molar-refractivity contribution >= 4 is 16.9 Å². The van der Waals surface area contributed by atoms with Gasteiger partial charge in [0.1, 0.15) is 0 Å². The second-order valence-electron chi connectivity index (χ2n) is 5.82. The fourth-order valence-corrected chi connectivity index (χ4v) is 2.78. The van der Waals surface area contributed by atoms with Crippen molar-refractivity contribution in [1.82, 2.24) is 20.2 Å². The summed E-state index contributed by atoms with van der Waals surface area (Å²) in [7, 11) is 1.89. The number of amides is 1. The zero-order chi connectivity index (χ0) is 13.9. The average molecular weight is 271 g/mol. The Hall–Kier alpha value is -1.95.